The van der Waals surface area contributed by atoms with Crippen molar-refractivity contribution in [3.63, 3.8) is 0 Å². The lowest BCUT2D eigenvalue weighted by Gasteiger charge is -2.36. The van der Waals surface area contributed by atoms with Gasteiger partial charge in [-0.05, 0) is 114 Å². The summed E-state index contributed by atoms with van der Waals surface area (Å²) in [5, 5.41) is 5.05. The summed E-state index contributed by atoms with van der Waals surface area (Å²) in [4.78, 5) is 19.8. The van der Waals surface area contributed by atoms with Crippen molar-refractivity contribution in [2.24, 2.45) is 0 Å². The highest BCUT2D eigenvalue weighted by molar-refractivity contribution is 6.19. The summed E-state index contributed by atoms with van der Waals surface area (Å²) >= 11 is 0. The average molecular weight is 801 g/mol. The molecular weight excluding hydrogens is 765 g/mol. The largest absolute Gasteiger partial charge is 0.264 e. The van der Waals surface area contributed by atoms with Crippen LogP contribution < -0.4 is 0 Å². The van der Waals surface area contributed by atoms with Gasteiger partial charge in [0.25, 0.3) is 0 Å². The summed E-state index contributed by atoms with van der Waals surface area (Å²) in [6, 6.07) is 72.7. The number of nitrogens with zero attached hydrogens (tertiary/aromatic N) is 4. The third kappa shape index (κ3) is 5.22. The lowest BCUT2D eigenvalue weighted by atomic mass is 9.64. The van der Waals surface area contributed by atoms with Crippen molar-refractivity contribution in [1.29, 1.82) is 0 Å². The fourth-order valence-corrected chi connectivity index (χ4v) is 10.6. The Morgan fingerprint density at radius 2 is 0.889 bits per heavy atom. The minimum Gasteiger partial charge on any atom is -0.264 e. The van der Waals surface area contributed by atoms with Crippen LogP contribution in [-0.2, 0) is 5.41 Å². The van der Waals surface area contributed by atoms with Crippen LogP contribution in [0.5, 0.6) is 0 Å². The van der Waals surface area contributed by atoms with Crippen molar-refractivity contribution in [3.05, 3.63) is 241 Å². The Hall–Kier alpha value is -8.34. The minimum absolute atomic E-state index is 0.661. The van der Waals surface area contributed by atoms with Gasteiger partial charge in [-0.25, -0.2) is 9.97 Å². The Labute approximate surface area is 364 Å². The molecule has 1 unspecified atom stereocenters. The van der Waals surface area contributed by atoms with Gasteiger partial charge in [-0.15, -0.1) is 0 Å². The third-order valence-electron chi connectivity index (χ3n) is 13.2. The quantitative estimate of drug-likeness (QED) is 0.166. The topological polar surface area (TPSA) is 51.6 Å². The number of fused-ring (bicyclic) bond motifs is 17. The molecule has 8 aromatic carbocycles. The van der Waals surface area contributed by atoms with Gasteiger partial charge in [0.1, 0.15) is 0 Å². The molecule has 0 saturated carbocycles. The number of hydrogen-bond acceptors (Lipinski definition) is 4. The SMILES string of the molecule is c1ccc(-c2nc(-c3ccc(-c4cccnc4)nc3)cc(-c3ccc4c(c3)C3(c5ccccc5-c5ccccc5-4)c4ccccc4-c4c3c3ccccc3c3ccccc43)n2)cc1. The molecule has 4 heteroatoms. The van der Waals surface area contributed by atoms with Gasteiger partial charge in [0, 0.05) is 40.8 Å². The molecule has 3 heterocycles. The predicted molar refractivity (Wildman–Crippen MR) is 256 cm³/mol. The van der Waals surface area contributed by atoms with Gasteiger partial charge in [0.2, 0.25) is 0 Å². The first-order valence-electron chi connectivity index (χ1n) is 21.4. The Morgan fingerprint density at radius 1 is 0.333 bits per heavy atom. The zero-order valence-electron chi connectivity index (χ0n) is 34.1. The molecule has 63 heavy (non-hydrogen) atoms. The van der Waals surface area contributed by atoms with E-state index in [1.807, 2.05) is 48.8 Å². The molecule has 0 N–H and O–H groups in total. The molecule has 4 nitrogen and oxygen atoms in total. The first-order valence-corrected chi connectivity index (χ1v) is 21.4. The highest BCUT2D eigenvalue weighted by atomic mass is 14.9. The highest BCUT2D eigenvalue weighted by Crippen LogP contribution is 2.64. The van der Waals surface area contributed by atoms with Crippen molar-refractivity contribution in [1.82, 2.24) is 19.9 Å². The second-order valence-electron chi connectivity index (χ2n) is 16.5. The van der Waals surface area contributed by atoms with Gasteiger partial charge in [-0.3, -0.25) is 9.97 Å². The molecule has 1 spiro atoms. The van der Waals surface area contributed by atoms with Crippen molar-refractivity contribution in [3.8, 4) is 78.5 Å². The van der Waals surface area contributed by atoms with Gasteiger partial charge >= 0.3 is 0 Å². The van der Waals surface area contributed by atoms with E-state index in [9.17, 15) is 0 Å². The summed E-state index contributed by atoms with van der Waals surface area (Å²) < 4.78 is 0. The maximum atomic E-state index is 5.38. The van der Waals surface area contributed by atoms with Crippen molar-refractivity contribution in [2.45, 2.75) is 5.41 Å². The second kappa shape index (κ2) is 13.8. The fraction of sp³-hybridized carbons (Fsp3) is 0.0169. The van der Waals surface area contributed by atoms with E-state index in [-0.39, 0.29) is 0 Å². The summed E-state index contributed by atoms with van der Waals surface area (Å²) in [6.45, 7) is 0. The summed E-state index contributed by atoms with van der Waals surface area (Å²) in [5.41, 5.74) is 18.2. The van der Waals surface area contributed by atoms with Crippen LogP contribution in [0.25, 0.3) is 100 Å². The molecule has 13 rings (SSSR count). The smallest absolute Gasteiger partial charge is 0.160 e. The molecule has 2 aliphatic rings. The van der Waals surface area contributed by atoms with E-state index in [0.29, 0.717) is 5.82 Å². The van der Waals surface area contributed by atoms with Gasteiger partial charge in [0.05, 0.1) is 22.5 Å². The molecule has 0 amide bonds. The molecule has 0 radical (unpaired) electrons. The number of hydrogen-bond donors (Lipinski definition) is 0. The second-order valence-corrected chi connectivity index (χ2v) is 16.5. The number of benzene rings is 8. The van der Waals surface area contributed by atoms with Crippen LogP contribution in [0.2, 0.25) is 0 Å². The predicted octanol–water partition coefficient (Wildman–Crippen LogP) is 14.3. The molecule has 0 fully saturated rings. The Kier molecular flexibility index (Phi) is 7.79. The molecule has 11 aromatic rings. The zero-order valence-corrected chi connectivity index (χ0v) is 34.1. The van der Waals surface area contributed by atoms with E-state index in [2.05, 4.69) is 169 Å². The highest BCUT2D eigenvalue weighted by Gasteiger charge is 2.51. The first kappa shape index (κ1) is 35.4. The Bertz CT molecular complexity index is 3620. The molecule has 3 aromatic heterocycles. The molecule has 0 bridgehead atoms. The van der Waals surface area contributed by atoms with Crippen LogP contribution in [0.4, 0.5) is 0 Å². The molecule has 292 valence electrons. The molecule has 2 aliphatic carbocycles. The van der Waals surface area contributed by atoms with Gasteiger partial charge in [-0.2, -0.15) is 0 Å². The van der Waals surface area contributed by atoms with E-state index >= 15 is 0 Å². The normalized spacial score (nSPS) is 14.4. The van der Waals surface area contributed by atoms with Gasteiger partial charge in [-0.1, -0.05) is 164 Å². The van der Waals surface area contributed by atoms with E-state index < -0.39 is 5.41 Å². The first-order chi connectivity index (χ1) is 31.3. The summed E-state index contributed by atoms with van der Waals surface area (Å²) in [5.74, 6) is 0.661. The monoisotopic (exact) mass is 800 g/mol. The summed E-state index contributed by atoms with van der Waals surface area (Å²) in [6.07, 6.45) is 5.53. The van der Waals surface area contributed by atoms with E-state index in [1.165, 1.54) is 77.2 Å². The Balaban J connectivity index is 1.14. The van der Waals surface area contributed by atoms with Crippen LogP contribution in [-0.4, -0.2) is 19.9 Å². The number of pyridine rings is 2. The lowest BCUT2D eigenvalue weighted by molar-refractivity contribution is 0.783. The maximum Gasteiger partial charge on any atom is 0.160 e. The van der Waals surface area contributed by atoms with Crippen LogP contribution in [0, 0.1) is 0 Å². The van der Waals surface area contributed by atoms with E-state index in [0.717, 1.165) is 39.3 Å². The van der Waals surface area contributed by atoms with Crippen LogP contribution in [0.3, 0.4) is 0 Å². The summed E-state index contributed by atoms with van der Waals surface area (Å²) in [7, 11) is 0. The van der Waals surface area contributed by atoms with Crippen molar-refractivity contribution >= 4 is 21.5 Å². The van der Waals surface area contributed by atoms with Crippen molar-refractivity contribution < 1.29 is 0 Å². The number of rotatable bonds is 4. The molecular formula is C59H36N4. The van der Waals surface area contributed by atoms with Crippen molar-refractivity contribution in [2.75, 3.05) is 0 Å². The minimum atomic E-state index is -0.694. The average Bonchev–Trinajstić information content (AvgIpc) is 3.63. The van der Waals surface area contributed by atoms with Gasteiger partial charge < -0.3 is 0 Å². The maximum absolute atomic E-state index is 5.38. The molecule has 0 saturated heterocycles. The third-order valence-corrected chi connectivity index (χ3v) is 13.2. The van der Waals surface area contributed by atoms with Crippen LogP contribution >= 0.6 is 0 Å². The lowest BCUT2D eigenvalue weighted by Crippen LogP contribution is -2.29. The van der Waals surface area contributed by atoms with Crippen LogP contribution in [0.15, 0.2) is 219 Å². The van der Waals surface area contributed by atoms with Crippen LogP contribution in [0.1, 0.15) is 22.3 Å². The van der Waals surface area contributed by atoms with E-state index in [1.54, 1.807) is 6.20 Å². The zero-order chi connectivity index (χ0) is 41.5. The molecule has 0 aliphatic heterocycles. The fourth-order valence-electron chi connectivity index (χ4n) is 10.6. The standard InChI is InChI=1S/C59H36N4/c1-2-15-37(16-3-1)58-62-54(34-55(63-58)40-29-31-53(61-36-40)39-17-14-32-60-35-39)38-28-30-46-42-19-5-4-18-41(42)45-22-10-12-26-50(45)59(52(46)33-38)51-27-13-11-25-49(51)56-47-23-8-6-20-43(47)44-21-7-9-24-48(44)57(56)59/h1-36H. The molecule has 1 atom stereocenters. The van der Waals surface area contributed by atoms with Gasteiger partial charge in [0.15, 0.2) is 5.82 Å². The number of aromatic nitrogens is 4. The van der Waals surface area contributed by atoms with E-state index in [4.69, 9.17) is 15.0 Å². The Morgan fingerprint density at radius 3 is 1.60 bits per heavy atom.